The molecule has 1 heterocycles. The third-order valence-corrected chi connectivity index (χ3v) is 1.42. The van der Waals surface area contributed by atoms with Gasteiger partial charge in [-0.2, -0.15) is 0 Å². The molecule has 0 atom stereocenters. The summed E-state index contributed by atoms with van der Waals surface area (Å²) in [5, 5.41) is 0. The fourth-order valence-corrected chi connectivity index (χ4v) is 0.891. The molecular formula is C7H9NOS. The Morgan fingerprint density at radius 3 is 2.80 bits per heavy atom. The molecule has 0 saturated carbocycles. The van der Waals surface area contributed by atoms with Gasteiger partial charge in [0.2, 0.25) is 0 Å². The maximum Gasteiger partial charge on any atom is 0.155 e. The average Bonchev–Trinajstić information content (AvgIpc) is 1.95. The van der Waals surface area contributed by atoms with Gasteiger partial charge in [0, 0.05) is 11.9 Å². The van der Waals surface area contributed by atoms with Crippen LogP contribution in [0.1, 0.15) is 5.69 Å². The van der Waals surface area contributed by atoms with E-state index in [1.165, 1.54) is 12.0 Å². The molecule has 0 aromatic carbocycles. The van der Waals surface area contributed by atoms with Gasteiger partial charge >= 0.3 is 0 Å². The van der Waals surface area contributed by atoms with Gasteiger partial charge in [-0.1, -0.05) is 0 Å². The van der Waals surface area contributed by atoms with E-state index in [-0.39, 0.29) is 0 Å². The van der Waals surface area contributed by atoms with Gasteiger partial charge in [0.1, 0.15) is 0 Å². The second kappa shape index (κ2) is 3.46. The van der Waals surface area contributed by atoms with Gasteiger partial charge < -0.3 is 4.18 Å². The molecule has 0 saturated heterocycles. The summed E-state index contributed by atoms with van der Waals surface area (Å²) in [6.07, 6.45) is 3.59. The molecule has 2 nitrogen and oxygen atoms in total. The minimum atomic E-state index is 0.804. The third-order valence-electron chi connectivity index (χ3n) is 1.06. The molecule has 54 valence electrons. The Hall–Kier alpha value is -0.700. The van der Waals surface area contributed by atoms with Gasteiger partial charge in [0.15, 0.2) is 5.75 Å². The Balaban J connectivity index is 2.69. The quantitative estimate of drug-likeness (QED) is 0.610. The van der Waals surface area contributed by atoms with Crippen LogP contribution < -0.4 is 4.18 Å². The van der Waals surface area contributed by atoms with Gasteiger partial charge in [-0.05, 0) is 19.1 Å². The average molecular weight is 155 g/mol. The van der Waals surface area contributed by atoms with Gasteiger partial charge in [0.25, 0.3) is 0 Å². The molecule has 0 N–H and O–H groups in total. The summed E-state index contributed by atoms with van der Waals surface area (Å²) in [7, 11) is 0. The molecule has 0 unspecified atom stereocenters. The van der Waals surface area contributed by atoms with Crippen molar-refractivity contribution in [3.63, 3.8) is 0 Å². The topological polar surface area (TPSA) is 22.1 Å². The lowest BCUT2D eigenvalue weighted by molar-refractivity contribution is 0.645. The maximum absolute atomic E-state index is 5.12. The SMILES string of the molecule is CSOc1ccc(C)nc1. The number of nitrogens with zero attached hydrogens (tertiary/aromatic N) is 1. The first-order valence-corrected chi connectivity index (χ1v) is 4.11. The Bertz CT molecular complexity index is 197. The molecule has 0 radical (unpaired) electrons. The molecule has 0 aliphatic heterocycles. The van der Waals surface area contributed by atoms with Crippen LogP contribution >= 0.6 is 12.0 Å². The van der Waals surface area contributed by atoms with E-state index in [4.69, 9.17) is 4.18 Å². The lowest BCUT2D eigenvalue weighted by atomic mass is 10.4. The second-order valence-corrected chi connectivity index (χ2v) is 2.39. The Morgan fingerprint density at radius 2 is 2.30 bits per heavy atom. The summed E-state index contributed by atoms with van der Waals surface area (Å²) >= 11 is 1.32. The van der Waals surface area contributed by atoms with Crippen molar-refractivity contribution in [2.75, 3.05) is 6.26 Å². The van der Waals surface area contributed by atoms with Gasteiger partial charge in [0.05, 0.1) is 18.2 Å². The number of hydrogen-bond donors (Lipinski definition) is 0. The maximum atomic E-state index is 5.12. The zero-order valence-electron chi connectivity index (χ0n) is 6.00. The van der Waals surface area contributed by atoms with Gasteiger partial charge in [-0.25, -0.2) is 0 Å². The fraction of sp³-hybridized carbons (Fsp3) is 0.286. The van der Waals surface area contributed by atoms with Crippen LogP contribution in [0.2, 0.25) is 0 Å². The zero-order chi connectivity index (χ0) is 7.40. The highest BCUT2D eigenvalue weighted by atomic mass is 32.2. The molecule has 0 aliphatic rings. The van der Waals surface area contributed by atoms with Crippen LogP contribution in [0.5, 0.6) is 5.75 Å². The molecule has 1 aromatic heterocycles. The molecule has 1 aromatic rings. The monoisotopic (exact) mass is 155 g/mol. The van der Waals surface area contributed by atoms with Crippen LogP contribution in [0.25, 0.3) is 0 Å². The van der Waals surface area contributed by atoms with Crippen LogP contribution in [0.3, 0.4) is 0 Å². The lowest BCUT2D eigenvalue weighted by Crippen LogP contribution is -1.82. The van der Waals surface area contributed by atoms with E-state index < -0.39 is 0 Å². The minimum Gasteiger partial charge on any atom is -0.424 e. The van der Waals surface area contributed by atoms with E-state index in [2.05, 4.69) is 4.98 Å². The summed E-state index contributed by atoms with van der Waals surface area (Å²) in [5.41, 5.74) is 1.01. The molecule has 3 heteroatoms. The lowest BCUT2D eigenvalue weighted by Gasteiger charge is -1.98. The third kappa shape index (κ3) is 1.92. The standard InChI is InChI=1S/C7H9NOS/c1-6-3-4-7(5-8-6)9-10-2/h3-5H,1-2H3. The molecule has 0 fully saturated rings. The highest BCUT2D eigenvalue weighted by Gasteiger charge is 1.90. The van der Waals surface area contributed by atoms with Crippen LogP contribution in [0.4, 0.5) is 0 Å². The molecular weight excluding hydrogens is 146 g/mol. The van der Waals surface area contributed by atoms with Gasteiger partial charge in [-0.3, -0.25) is 4.98 Å². The minimum absolute atomic E-state index is 0.804. The first-order chi connectivity index (χ1) is 4.83. The Labute approximate surface area is 64.8 Å². The van der Waals surface area contributed by atoms with E-state index in [9.17, 15) is 0 Å². The number of pyridine rings is 1. The van der Waals surface area contributed by atoms with Crippen molar-refractivity contribution >= 4 is 12.0 Å². The summed E-state index contributed by atoms with van der Waals surface area (Å²) < 4.78 is 5.12. The molecule has 10 heavy (non-hydrogen) atoms. The van der Waals surface area contributed by atoms with Crippen molar-refractivity contribution in [3.05, 3.63) is 24.0 Å². The van der Waals surface area contributed by atoms with Crippen molar-refractivity contribution in [2.24, 2.45) is 0 Å². The second-order valence-electron chi connectivity index (χ2n) is 1.89. The highest BCUT2D eigenvalue weighted by Crippen LogP contribution is 2.12. The zero-order valence-corrected chi connectivity index (χ0v) is 6.81. The number of hydrogen-bond acceptors (Lipinski definition) is 3. The van der Waals surface area contributed by atoms with E-state index in [0.717, 1.165) is 11.4 Å². The molecule has 0 aliphatic carbocycles. The van der Waals surface area contributed by atoms with Crippen LogP contribution in [0, 0.1) is 6.92 Å². The Morgan fingerprint density at radius 1 is 1.50 bits per heavy atom. The summed E-state index contributed by atoms with van der Waals surface area (Å²) in [5.74, 6) is 0.804. The van der Waals surface area contributed by atoms with Crippen LogP contribution in [0.15, 0.2) is 18.3 Å². The van der Waals surface area contributed by atoms with E-state index in [1.807, 2.05) is 25.3 Å². The van der Waals surface area contributed by atoms with Crippen molar-refractivity contribution in [2.45, 2.75) is 6.92 Å². The summed E-state index contributed by atoms with van der Waals surface area (Å²) in [6.45, 7) is 1.95. The molecule has 0 spiro atoms. The van der Waals surface area contributed by atoms with E-state index >= 15 is 0 Å². The number of aromatic nitrogens is 1. The van der Waals surface area contributed by atoms with Crippen molar-refractivity contribution < 1.29 is 4.18 Å². The summed E-state index contributed by atoms with van der Waals surface area (Å²) in [6, 6.07) is 3.82. The van der Waals surface area contributed by atoms with Crippen LogP contribution in [-0.2, 0) is 0 Å². The van der Waals surface area contributed by atoms with E-state index in [1.54, 1.807) is 6.20 Å². The van der Waals surface area contributed by atoms with Crippen LogP contribution in [-0.4, -0.2) is 11.2 Å². The van der Waals surface area contributed by atoms with Crippen molar-refractivity contribution in [3.8, 4) is 5.75 Å². The first kappa shape index (κ1) is 7.41. The predicted molar refractivity (Wildman–Crippen MR) is 43.1 cm³/mol. The normalized spacial score (nSPS) is 9.40. The molecule has 1 rings (SSSR count). The highest BCUT2D eigenvalue weighted by molar-refractivity contribution is 7.94. The van der Waals surface area contributed by atoms with Crippen molar-refractivity contribution in [1.29, 1.82) is 0 Å². The molecule has 0 bridgehead atoms. The largest absolute Gasteiger partial charge is 0.424 e. The fourth-order valence-electron chi connectivity index (χ4n) is 0.600. The van der Waals surface area contributed by atoms with E-state index in [0.29, 0.717) is 0 Å². The van der Waals surface area contributed by atoms with Crippen molar-refractivity contribution in [1.82, 2.24) is 4.98 Å². The predicted octanol–water partition coefficient (Wildman–Crippen LogP) is 2.05. The molecule has 0 amide bonds. The summed E-state index contributed by atoms with van der Waals surface area (Å²) in [4.78, 5) is 4.06. The number of rotatable bonds is 2. The number of aryl methyl sites for hydroxylation is 1. The van der Waals surface area contributed by atoms with Gasteiger partial charge in [-0.15, -0.1) is 0 Å². The first-order valence-electron chi connectivity index (χ1n) is 2.96. The smallest absolute Gasteiger partial charge is 0.155 e. The Kier molecular flexibility index (Phi) is 2.57.